The predicted octanol–water partition coefficient (Wildman–Crippen LogP) is 2.45. The fourth-order valence-corrected chi connectivity index (χ4v) is 2.97. The van der Waals surface area contributed by atoms with E-state index in [2.05, 4.69) is 18.3 Å². The fraction of sp³-hybridized carbons (Fsp3) is 0.222. The molecule has 0 radical (unpaired) electrons. The molecule has 1 aliphatic heterocycles. The molecule has 1 heterocycles. The molecule has 0 bridgehead atoms. The Morgan fingerprint density at radius 3 is 2.57 bits per heavy atom. The molecule has 0 saturated carbocycles. The van der Waals surface area contributed by atoms with Crippen LogP contribution in [0.4, 0.5) is 10.5 Å². The van der Waals surface area contributed by atoms with Crippen molar-refractivity contribution in [2.75, 3.05) is 4.90 Å². The number of amides is 3. The van der Waals surface area contributed by atoms with Crippen LogP contribution < -0.4 is 16.0 Å². The Hall–Kier alpha value is -2.82. The first-order valence-electron chi connectivity index (χ1n) is 7.60. The van der Waals surface area contributed by atoms with Crippen molar-refractivity contribution in [2.24, 2.45) is 5.73 Å². The molecule has 0 aromatic heterocycles. The monoisotopic (exact) mass is 309 g/mol. The number of para-hydroxylation sites is 1. The zero-order valence-electron chi connectivity index (χ0n) is 13.0. The van der Waals surface area contributed by atoms with Crippen molar-refractivity contribution < 1.29 is 9.59 Å². The van der Waals surface area contributed by atoms with Crippen molar-refractivity contribution >= 4 is 17.6 Å². The number of fused-ring (bicyclic) bond motifs is 1. The van der Waals surface area contributed by atoms with E-state index in [-0.39, 0.29) is 11.9 Å². The molecule has 3 N–H and O–H groups in total. The van der Waals surface area contributed by atoms with Crippen LogP contribution in [0.3, 0.4) is 0 Å². The van der Waals surface area contributed by atoms with Crippen LogP contribution in [0.2, 0.25) is 0 Å². The van der Waals surface area contributed by atoms with Crippen molar-refractivity contribution in [2.45, 2.75) is 25.9 Å². The van der Waals surface area contributed by atoms with Crippen molar-refractivity contribution in [3.63, 3.8) is 0 Å². The summed E-state index contributed by atoms with van der Waals surface area (Å²) in [6.45, 7) is 2.41. The fourth-order valence-electron chi connectivity index (χ4n) is 2.97. The molecule has 118 valence electrons. The Bertz CT molecular complexity index is 740. The SMILES string of the molecule is C[C@H]1Cc2ccccc2N1C(=O)c1ccc(CNC(N)=O)cc1. The second-order valence-corrected chi connectivity index (χ2v) is 5.77. The Morgan fingerprint density at radius 1 is 1.17 bits per heavy atom. The highest BCUT2D eigenvalue weighted by molar-refractivity contribution is 6.07. The third kappa shape index (κ3) is 3.04. The second-order valence-electron chi connectivity index (χ2n) is 5.77. The Morgan fingerprint density at radius 2 is 1.87 bits per heavy atom. The molecule has 5 heteroatoms. The number of rotatable bonds is 3. The van der Waals surface area contributed by atoms with Crippen LogP contribution >= 0.6 is 0 Å². The Labute approximate surface area is 135 Å². The van der Waals surface area contributed by atoms with Gasteiger partial charge in [-0.2, -0.15) is 0 Å². The predicted molar refractivity (Wildman–Crippen MR) is 89.3 cm³/mol. The number of benzene rings is 2. The maximum Gasteiger partial charge on any atom is 0.312 e. The largest absolute Gasteiger partial charge is 0.352 e. The molecule has 0 aliphatic carbocycles. The molecule has 23 heavy (non-hydrogen) atoms. The molecule has 3 rings (SSSR count). The molecule has 0 fully saturated rings. The summed E-state index contributed by atoms with van der Waals surface area (Å²) in [5, 5.41) is 2.53. The molecular formula is C18H19N3O2. The van der Waals surface area contributed by atoms with E-state index in [1.165, 1.54) is 5.56 Å². The van der Waals surface area contributed by atoms with Crippen molar-refractivity contribution in [3.8, 4) is 0 Å². The Kier molecular flexibility index (Phi) is 4.02. The number of nitrogens with two attached hydrogens (primary N) is 1. The number of hydrogen-bond donors (Lipinski definition) is 2. The zero-order valence-corrected chi connectivity index (χ0v) is 13.0. The van der Waals surface area contributed by atoms with E-state index in [1.54, 1.807) is 12.1 Å². The molecule has 2 aromatic carbocycles. The van der Waals surface area contributed by atoms with Gasteiger partial charge >= 0.3 is 6.03 Å². The average Bonchev–Trinajstić information content (AvgIpc) is 2.88. The first-order chi connectivity index (χ1) is 11.1. The van der Waals surface area contributed by atoms with Crippen LogP contribution in [-0.2, 0) is 13.0 Å². The van der Waals surface area contributed by atoms with E-state index in [0.29, 0.717) is 12.1 Å². The number of nitrogens with one attached hydrogen (secondary N) is 1. The summed E-state index contributed by atoms with van der Waals surface area (Å²) in [5.41, 5.74) is 8.78. The summed E-state index contributed by atoms with van der Waals surface area (Å²) < 4.78 is 0. The van der Waals surface area contributed by atoms with Gasteiger partial charge in [0.15, 0.2) is 0 Å². The number of urea groups is 1. The molecule has 3 amide bonds. The molecule has 2 aromatic rings. The van der Waals surface area contributed by atoms with Crippen LogP contribution in [0.5, 0.6) is 0 Å². The van der Waals surface area contributed by atoms with E-state index < -0.39 is 6.03 Å². The van der Waals surface area contributed by atoms with Crippen LogP contribution in [-0.4, -0.2) is 18.0 Å². The maximum atomic E-state index is 12.8. The summed E-state index contributed by atoms with van der Waals surface area (Å²) in [7, 11) is 0. The van der Waals surface area contributed by atoms with E-state index >= 15 is 0 Å². The number of nitrogens with zero attached hydrogens (tertiary/aromatic N) is 1. The van der Waals surface area contributed by atoms with Crippen LogP contribution in [0.15, 0.2) is 48.5 Å². The van der Waals surface area contributed by atoms with Crippen molar-refractivity contribution in [1.82, 2.24) is 5.32 Å². The molecule has 0 unspecified atom stereocenters. The second kappa shape index (κ2) is 6.12. The van der Waals surface area contributed by atoms with Crippen LogP contribution in [0.1, 0.15) is 28.4 Å². The molecule has 0 spiro atoms. The first kappa shape index (κ1) is 15.1. The summed E-state index contributed by atoms with van der Waals surface area (Å²) >= 11 is 0. The van der Waals surface area contributed by atoms with Gasteiger partial charge in [-0.15, -0.1) is 0 Å². The highest BCUT2D eigenvalue weighted by atomic mass is 16.2. The maximum absolute atomic E-state index is 12.8. The van der Waals surface area contributed by atoms with E-state index in [4.69, 9.17) is 5.73 Å². The lowest BCUT2D eigenvalue weighted by Crippen LogP contribution is -2.35. The van der Waals surface area contributed by atoms with Gasteiger partial charge < -0.3 is 16.0 Å². The number of carbonyl (C=O) groups is 2. The van der Waals surface area contributed by atoms with Gasteiger partial charge in [-0.25, -0.2) is 4.79 Å². The number of carbonyl (C=O) groups excluding carboxylic acids is 2. The van der Waals surface area contributed by atoms with Crippen molar-refractivity contribution in [1.29, 1.82) is 0 Å². The van der Waals surface area contributed by atoms with Crippen LogP contribution in [0.25, 0.3) is 0 Å². The van der Waals surface area contributed by atoms with Gasteiger partial charge in [0.2, 0.25) is 0 Å². The topological polar surface area (TPSA) is 75.4 Å². The van der Waals surface area contributed by atoms with Gasteiger partial charge in [-0.05, 0) is 42.7 Å². The normalized spacial score (nSPS) is 16.0. The lowest BCUT2D eigenvalue weighted by Gasteiger charge is -2.23. The van der Waals surface area contributed by atoms with Gasteiger partial charge in [-0.1, -0.05) is 30.3 Å². The number of primary amides is 1. The van der Waals surface area contributed by atoms with Gasteiger partial charge in [0.1, 0.15) is 0 Å². The summed E-state index contributed by atoms with van der Waals surface area (Å²) in [4.78, 5) is 25.4. The summed E-state index contributed by atoms with van der Waals surface area (Å²) in [6, 6.07) is 14.8. The lowest BCUT2D eigenvalue weighted by molar-refractivity contribution is 0.0981. The van der Waals surface area contributed by atoms with E-state index in [0.717, 1.165) is 17.7 Å². The molecule has 0 saturated heterocycles. The number of hydrogen-bond acceptors (Lipinski definition) is 2. The highest BCUT2D eigenvalue weighted by Crippen LogP contribution is 2.33. The molecular weight excluding hydrogens is 290 g/mol. The van der Waals surface area contributed by atoms with E-state index in [1.807, 2.05) is 35.2 Å². The molecule has 1 atom stereocenters. The third-order valence-corrected chi connectivity index (χ3v) is 4.09. The highest BCUT2D eigenvalue weighted by Gasteiger charge is 2.30. The molecule has 5 nitrogen and oxygen atoms in total. The quantitative estimate of drug-likeness (QED) is 0.913. The molecule has 1 aliphatic rings. The van der Waals surface area contributed by atoms with Gasteiger partial charge in [0.25, 0.3) is 5.91 Å². The minimum Gasteiger partial charge on any atom is -0.352 e. The smallest absolute Gasteiger partial charge is 0.312 e. The number of anilines is 1. The lowest BCUT2D eigenvalue weighted by atomic mass is 10.1. The summed E-state index contributed by atoms with van der Waals surface area (Å²) in [6.07, 6.45) is 0.878. The third-order valence-electron chi connectivity index (χ3n) is 4.09. The first-order valence-corrected chi connectivity index (χ1v) is 7.60. The zero-order chi connectivity index (χ0) is 16.4. The van der Waals surface area contributed by atoms with Gasteiger partial charge in [0.05, 0.1) is 0 Å². The van der Waals surface area contributed by atoms with Gasteiger partial charge in [0, 0.05) is 23.8 Å². The van der Waals surface area contributed by atoms with Gasteiger partial charge in [-0.3, -0.25) is 4.79 Å². The minimum atomic E-state index is -0.562. The van der Waals surface area contributed by atoms with Crippen LogP contribution in [0, 0.1) is 0 Å². The van der Waals surface area contributed by atoms with Crippen molar-refractivity contribution in [3.05, 3.63) is 65.2 Å². The van der Waals surface area contributed by atoms with E-state index in [9.17, 15) is 9.59 Å². The standard InChI is InChI=1S/C18H19N3O2/c1-12-10-15-4-2-3-5-16(15)21(12)17(22)14-8-6-13(7-9-14)11-20-18(19)23/h2-9,12H,10-11H2,1H3,(H3,19,20,23)/t12-/m0/s1. The Balaban J connectivity index is 1.79. The average molecular weight is 309 g/mol. The summed E-state index contributed by atoms with van der Waals surface area (Å²) in [5.74, 6) is -0.00291. The minimum absolute atomic E-state index is 0.00291.